The highest BCUT2D eigenvalue weighted by Crippen LogP contribution is 2.11. The van der Waals surface area contributed by atoms with Gasteiger partial charge in [-0.3, -0.25) is 4.99 Å². The molecule has 0 aromatic heterocycles. The second kappa shape index (κ2) is 7.95. The van der Waals surface area contributed by atoms with Crippen molar-refractivity contribution in [2.75, 3.05) is 45.6 Å². The summed E-state index contributed by atoms with van der Waals surface area (Å²) >= 11 is 0. The van der Waals surface area contributed by atoms with Gasteiger partial charge in [-0.25, -0.2) is 12.7 Å². The predicted octanol–water partition coefficient (Wildman–Crippen LogP) is 0.00200. The molecule has 0 aromatic carbocycles. The Hall–Kier alpha value is -0.860. The van der Waals surface area contributed by atoms with Gasteiger partial charge in [0.05, 0.1) is 17.9 Å². The molecule has 0 unspecified atom stereocenters. The number of rotatable bonds is 7. The third kappa shape index (κ3) is 6.19. The Morgan fingerprint density at radius 3 is 2.62 bits per heavy atom. The molecular formula is C13H28N4O3S. The molecule has 1 fully saturated rings. The number of nitrogens with zero attached hydrogens (tertiary/aromatic N) is 2. The summed E-state index contributed by atoms with van der Waals surface area (Å²) in [7, 11) is -1.36. The SMILES string of the molecule is CCNC(=NCC(C)(C)OC)NCCN1CCCS1(=O)=O. The average molecular weight is 320 g/mol. The van der Waals surface area contributed by atoms with Gasteiger partial charge in [-0.15, -0.1) is 0 Å². The van der Waals surface area contributed by atoms with Gasteiger partial charge >= 0.3 is 0 Å². The topological polar surface area (TPSA) is 83.0 Å². The maximum atomic E-state index is 11.7. The molecular weight excluding hydrogens is 292 g/mol. The lowest BCUT2D eigenvalue weighted by Crippen LogP contribution is -2.43. The number of nitrogens with one attached hydrogen (secondary N) is 2. The first kappa shape index (κ1) is 18.2. The van der Waals surface area contributed by atoms with E-state index in [0.717, 1.165) is 13.0 Å². The molecule has 1 rings (SSSR count). The lowest BCUT2D eigenvalue weighted by atomic mass is 10.1. The van der Waals surface area contributed by atoms with Crippen molar-refractivity contribution in [3.63, 3.8) is 0 Å². The summed E-state index contributed by atoms with van der Waals surface area (Å²) in [6.45, 7) is 8.84. The summed E-state index contributed by atoms with van der Waals surface area (Å²) in [4.78, 5) is 4.46. The van der Waals surface area contributed by atoms with Gasteiger partial charge in [0.1, 0.15) is 0 Å². The van der Waals surface area contributed by atoms with Crippen LogP contribution in [0, 0.1) is 0 Å². The van der Waals surface area contributed by atoms with Crippen LogP contribution in [0.15, 0.2) is 4.99 Å². The highest BCUT2D eigenvalue weighted by atomic mass is 32.2. The van der Waals surface area contributed by atoms with Crippen LogP contribution in [0.4, 0.5) is 0 Å². The number of aliphatic imine (C=N–C) groups is 1. The zero-order valence-corrected chi connectivity index (χ0v) is 14.3. The molecule has 7 nitrogen and oxygen atoms in total. The Labute approximate surface area is 128 Å². The molecule has 1 heterocycles. The van der Waals surface area contributed by atoms with E-state index in [0.29, 0.717) is 32.1 Å². The summed E-state index contributed by atoms with van der Waals surface area (Å²) < 4.78 is 30.2. The Morgan fingerprint density at radius 2 is 2.10 bits per heavy atom. The standard InChI is InChI=1S/C13H28N4O3S/c1-5-14-12(16-11-13(2,3)20-4)15-7-9-17-8-6-10-21(17,18)19/h5-11H2,1-4H3,(H2,14,15,16). The van der Waals surface area contributed by atoms with Crippen LogP contribution in [0.3, 0.4) is 0 Å². The molecule has 0 atom stereocenters. The lowest BCUT2D eigenvalue weighted by molar-refractivity contribution is 0.0310. The average Bonchev–Trinajstić information content (AvgIpc) is 2.75. The van der Waals surface area contributed by atoms with Crippen molar-refractivity contribution in [3.8, 4) is 0 Å². The third-order valence-electron chi connectivity index (χ3n) is 3.37. The number of methoxy groups -OCH3 is 1. The zero-order valence-electron chi connectivity index (χ0n) is 13.5. The largest absolute Gasteiger partial charge is 0.377 e. The first-order valence-electron chi connectivity index (χ1n) is 7.36. The van der Waals surface area contributed by atoms with Crippen LogP contribution in [-0.4, -0.2) is 69.9 Å². The van der Waals surface area contributed by atoms with E-state index in [1.807, 2.05) is 20.8 Å². The van der Waals surface area contributed by atoms with Crippen molar-refractivity contribution in [2.45, 2.75) is 32.8 Å². The minimum absolute atomic E-state index is 0.267. The molecule has 0 radical (unpaired) electrons. The van der Waals surface area contributed by atoms with Gasteiger partial charge in [-0.1, -0.05) is 0 Å². The molecule has 0 aromatic rings. The van der Waals surface area contributed by atoms with Crippen LogP contribution in [0.1, 0.15) is 27.2 Å². The molecule has 0 amide bonds. The fraction of sp³-hybridized carbons (Fsp3) is 0.923. The van der Waals surface area contributed by atoms with E-state index in [4.69, 9.17) is 4.74 Å². The smallest absolute Gasteiger partial charge is 0.214 e. The third-order valence-corrected chi connectivity index (χ3v) is 5.33. The van der Waals surface area contributed by atoms with Crippen molar-refractivity contribution in [1.82, 2.24) is 14.9 Å². The van der Waals surface area contributed by atoms with Gasteiger partial charge < -0.3 is 15.4 Å². The Balaban J connectivity index is 2.46. The quantitative estimate of drug-likeness (QED) is 0.510. The summed E-state index contributed by atoms with van der Waals surface area (Å²) in [5.74, 6) is 0.947. The number of ether oxygens (including phenoxy) is 1. The van der Waals surface area contributed by atoms with E-state index in [1.54, 1.807) is 7.11 Å². The van der Waals surface area contributed by atoms with Crippen LogP contribution < -0.4 is 10.6 Å². The second-order valence-corrected chi connectivity index (χ2v) is 7.74. The zero-order chi connectivity index (χ0) is 15.9. The first-order chi connectivity index (χ1) is 9.80. The summed E-state index contributed by atoms with van der Waals surface area (Å²) in [6, 6.07) is 0. The van der Waals surface area contributed by atoms with Gasteiger partial charge in [0.2, 0.25) is 10.0 Å². The van der Waals surface area contributed by atoms with Crippen molar-refractivity contribution < 1.29 is 13.2 Å². The van der Waals surface area contributed by atoms with Crippen LogP contribution in [0.25, 0.3) is 0 Å². The Kier molecular flexibility index (Phi) is 6.89. The molecule has 1 saturated heterocycles. The maximum Gasteiger partial charge on any atom is 0.214 e. The summed E-state index contributed by atoms with van der Waals surface area (Å²) in [5, 5.41) is 6.30. The molecule has 1 aliphatic heterocycles. The van der Waals surface area contributed by atoms with Crippen molar-refractivity contribution in [3.05, 3.63) is 0 Å². The Morgan fingerprint density at radius 1 is 1.38 bits per heavy atom. The minimum atomic E-state index is -3.02. The van der Waals surface area contributed by atoms with E-state index >= 15 is 0 Å². The first-order valence-corrected chi connectivity index (χ1v) is 8.97. The lowest BCUT2D eigenvalue weighted by Gasteiger charge is -2.21. The van der Waals surface area contributed by atoms with Gasteiger partial charge in [0.25, 0.3) is 0 Å². The molecule has 0 saturated carbocycles. The van der Waals surface area contributed by atoms with E-state index in [9.17, 15) is 8.42 Å². The van der Waals surface area contributed by atoms with Gasteiger partial charge in [-0.2, -0.15) is 0 Å². The van der Waals surface area contributed by atoms with Gasteiger partial charge in [0.15, 0.2) is 5.96 Å². The number of sulfonamides is 1. The molecule has 8 heteroatoms. The van der Waals surface area contributed by atoms with E-state index in [-0.39, 0.29) is 11.4 Å². The van der Waals surface area contributed by atoms with Crippen molar-refractivity contribution in [2.24, 2.45) is 4.99 Å². The Bertz CT molecular complexity index is 448. The maximum absolute atomic E-state index is 11.7. The van der Waals surface area contributed by atoms with Crippen molar-refractivity contribution >= 4 is 16.0 Å². The monoisotopic (exact) mass is 320 g/mol. The highest BCUT2D eigenvalue weighted by molar-refractivity contribution is 7.89. The fourth-order valence-electron chi connectivity index (χ4n) is 1.92. The van der Waals surface area contributed by atoms with Crippen LogP contribution in [0.2, 0.25) is 0 Å². The normalized spacial score (nSPS) is 19.7. The van der Waals surface area contributed by atoms with Gasteiger partial charge in [-0.05, 0) is 27.2 Å². The van der Waals surface area contributed by atoms with Crippen LogP contribution >= 0.6 is 0 Å². The number of hydrogen-bond acceptors (Lipinski definition) is 4. The molecule has 124 valence electrons. The molecule has 0 bridgehead atoms. The highest BCUT2D eigenvalue weighted by Gasteiger charge is 2.27. The van der Waals surface area contributed by atoms with Crippen molar-refractivity contribution in [1.29, 1.82) is 0 Å². The summed E-state index contributed by atoms with van der Waals surface area (Å²) in [6.07, 6.45) is 0.721. The van der Waals surface area contributed by atoms with Gasteiger partial charge in [0, 0.05) is 33.3 Å². The minimum Gasteiger partial charge on any atom is -0.377 e. The predicted molar refractivity (Wildman–Crippen MR) is 85.0 cm³/mol. The molecule has 21 heavy (non-hydrogen) atoms. The molecule has 0 spiro atoms. The summed E-state index contributed by atoms with van der Waals surface area (Å²) in [5.41, 5.74) is -0.319. The van der Waals surface area contributed by atoms with E-state index < -0.39 is 10.0 Å². The second-order valence-electron chi connectivity index (χ2n) is 5.65. The van der Waals surface area contributed by atoms with E-state index in [1.165, 1.54) is 4.31 Å². The number of hydrogen-bond donors (Lipinski definition) is 2. The van der Waals surface area contributed by atoms with Crippen LogP contribution in [-0.2, 0) is 14.8 Å². The molecule has 1 aliphatic rings. The molecule has 0 aliphatic carbocycles. The van der Waals surface area contributed by atoms with E-state index in [2.05, 4.69) is 15.6 Å². The van der Waals surface area contributed by atoms with Crippen LogP contribution in [0.5, 0.6) is 0 Å². The fourth-order valence-corrected chi connectivity index (χ4v) is 3.45. The number of guanidine groups is 1. The molecule has 2 N–H and O–H groups in total.